The Balaban J connectivity index is 2.35. The summed E-state index contributed by atoms with van der Waals surface area (Å²) in [7, 11) is -3.52. The van der Waals surface area contributed by atoms with E-state index in [4.69, 9.17) is 16.3 Å². The Morgan fingerprint density at radius 3 is 2.78 bits per heavy atom. The molecule has 0 spiro atoms. The van der Waals surface area contributed by atoms with Gasteiger partial charge in [-0.1, -0.05) is 17.7 Å². The van der Waals surface area contributed by atoms with Gasteiger partial charge >= 0.3 is 0 Å². The fraction of sp³-hybridized carbons (Fsp3) is 0.500. The van der Waals surface area contributed by atoms with Crippen molar-refractivity contribution in [2.24, 2.45) is 0 Å². The van der Waals surface area contributed by atoms with Gasteiger partial charge in [0.15, 0.2) is 0 Å². The monoisotopic (exact) mass is 289 g/mol. The minimum absolute atomic E-state index is 0.0854. The minimum Gasteiger partial charge on any atom is -0.376 e. The van der Waals surface area contributed by atoms with Gasteiger partial charge in [-0.25, -0.2) is 8.42 Å². The van der Waals surface area contributed by atoms with Gasteiger partial charge in [-0.2, -0.15) is 4.31 Å². The van der Waals surface area contributed by atoms with E-state index in [0.29, 0.717) is 19.7 Å². The van der Waals surface area contributed by atoms with Crippen LogP contribution in [0, 0.1) is 6.92 Å². The quantitative estimate of drug-likeness (QED) is 0.837. The van der Waals surface area contributed by atoms with Crippen molar-refractivity contribution in [1.29, 1.82) is 0 Å². The zero-order valence-corrected chi connectivity index (χ0v) is 12.0. The molecule has 1 atom stereocenters. The van der Waals surface area contributed by atoms with Crippen molar-refractivity contribution in [3.8, 4) is 0 Å². The maximum absolute atomic E-state index is 12.5. The van der Waals surface area contributed by atoms with Crippen LogP contribution in [0.5, 0.6) is 0 Å². The smallest absolute Gasteiger partial charge is 0.244 e. The highest BCUT2D eigenvalue weighted by Crippen LogP contribution is 2.26. The Morgan fingerprint density at radius 1 is 1.44 bits per heavy atom. The summed E-state index contributed by atoms with van der Waals surface area (Å²) in [6, 6.07) is 4.98. The van der Waals surface area contributed by atoms with Gasteiger partial charge in [0.05, 0.1) is 17.7 Å². The van der Waals surface area contributed by atoms with E-state index in [2.05, 4.69) is 0 Å². The van der Waals surface area contributed by atoms with Gasteiger partial charge in [-0.05, 0) is 31.5 Å². The number of aryl methyl sites for hydroxylation is 1. The number of morpholine rings is 1. The van der Waals surface area contributed by atoms with Crippen molar-refractivity contribution in [3.05, 3.63) is 28.8 Å². The van der Waals surface area contributed by atoms with Crippen molar-refractivity contribution in [2.75, 3.05) is 19.7 Å². The van der Waals surface area contributed by atoms with Crippen LogP contribution < -0.4 is 0 Å². The molecular formula is C12H16ClNO3S. The zero-order valence-electron chi connectivity index (χ0n) is 10.4. The van der Waals surface area contributed by atoms with Crippen LogP contribution in [0.2, 0.25) is 5.02 Å². The summed E-state index contributed by atoms with van der Waals surface area (Å²) in [5.74, 6) is 0. The van der Waals surface area contributed by atoms with Crippen LogP contribution in [-0.4, -0.2) is 38.5 Å². The van der Waals surface area contributed by atoms with Crippen molar-refractivity contribution in [3.63, 3.8) is 0 Å². The van der Waals surface area contributed by atoms with Crippen LogP contribution in [0.1, 0.15) is 12.5 Å². The van der Waals surface area contributed by atoms with E-state index < -0.39 is 10.0 Å². The second-order valence-electron chi connectivity index (χ2n) is 4.48. The molecule has 0 N–H and O–H groups in total. The molecule has 18 heavy (non-hydrogen) atoms. The van der Waals surface area contributed by atoms with Crippen molar-refractivity contribution >= 4 is 21.6 Å². The Labute approximate surface area is 113 Å². The maximum atomic E-state index is 12.5. The average molecular weight is 290 g/mol. The lowest BCUT2D eigenvalue weighted by atomic mass is 10.2. The first-order chi connectivity index (χ1) is 8.41. The summed E-state index contributed by atoms with van der Waals surface area (Å²) >= 11 is 6.03. The number of sulfonamides is 1. The molecular weight excluding hydrogens is 274 g/mol. The molecule has 1 aliphatic heterocycles. The molecule has 1 aliphatic rings. The topological polar surface area (TPSA) is 46.6 Å². The third-order valence-electron chi connectivity index (χ3n) is 2.91. The molecule has 0 amide bonds. The van der Waals surface area contributed by atoms with Crippen LogP contribution in [0.25, 0.3) is 0 Å². The van der Waals surface area contributed by atoms with E-state index in [-0.39, 0.29) is 16.0 Å². The van der Waals surface area contributed by atoms with Gasteiger partial charge in [0.1, 0.15) is 4.90 Å². The summed E-state index contributed by atoms with van der Waals surface area (Å²) in [4.78, 5) is 0.170. The number of hydrogen-bond donors (Lipinski definition) is 0. The lowest BCUT2D eigenvalue weighted by molar-refractivity contribution is 0.0102. The van der Waals surface area contributed by atoms with Crippen LogP contribution in [0.3, 0.4) is 0 Å². The first-order valence-electron chi connectivity index (χ1n) is 5.79. The van der Waals surface area contributed by atoms with Gasteiger partial charge in [-0.3, -0.25) is 0 Å². The molecule has 0 aromatic heterocycles. The molecule has 1 aromatic rings. The highest BCUT2D eigenvalue weighted by molar-refractivity contribution is 7.89. The van der Waals surface area contributed by atoms with Crippen molar-refractivity contribution in [2.45, 2.75) is 24.8 Å². The van der Waals surface area contributed by atoms with Gasteiger partial charge in [0.2, 0.25) is 10.0 Å². The van der Waals surface area contributed by atoms with Crippen molar-refractivity contribution in [1.82, 2.24) is 4.31 Å². The highest BCUT2D eigenvalue weighted by Gasteiger charge is 2.30. The van der Waals surface area contributed by atoms with Gasteiger partial charge in [-0.15, -0.1) is 0 Å². The predicted octanol–water partition coefficient (Wildman–Crippen LogP) is 2.06. The molecule has 0 aliphatic carbocycles. The summed E-state index contributed by atoms with van der Waals surface area (Å²) in [5, 5.41) is 0.272. The van der Waals surface area contributed by atoms with E-state index in [1.165, 1.54) is 4.31 Å². The number of ether oxygens (including phenoxy) is 1. The molecule has 1 heterocycles. The SMILES string of the molecule is Cc1ccc(S(=O)(=O)N2CCOC(C)C2)c(Cl)c1. The Bertz CT molecular complexity index is 544. The highest BCUT2D eigenvalue weighted by atomic mass is 35.5. The molecule has 1 unspecified atom stereocenters. The van der Waals surface area contributed by atoms with Crippen LogP contribution in [0.15, 0.2) is 23.1 Å². The summed E-state index contributed by atoms with van der Waals surface area (Å²) in [5.41, 5.74) is 0.939. The third kappa shape index (κ3) is 2.69. The van der Waals surface area contributed by atoms with E-state index in [9.17, 15) is 8.42 Å². The molecule has 4 nitrogen and oxygen atoms in total. The first-order valence-corrected chi connectivity index (χ1v) is 7.61. The Kier molecular flexibility index (Phi) is 3.96. The molecule has 1 fully saturated rings. The van der Waals surface area contributed by atoms with Gasteiger partial charge in [0, 0.05) is 13.1 Å². The number of hydrogen-bond acceptors (Lipinski definition) is 3. The molecule has 100 valence electrons. The standard InChI is InChI=1S/C12H16ClNO3S/c1-9-3-4-12(11(13)7-9)18(15,16)14-5-6-17-10(2)8-14/h3-4,7,10H,5-6,8H2,1-2H3. The minimum atomic E-state index is -3.52. The second-order valence-corrected chi connectivity index (χ2v) is 6.79. The number of benzene rings is 1. The third-order valence-corrected chi connectivity index (χ3v) is 5.26. The molecule has 0 bridgehead atoms. The summed E-state index contributed by atoms with van der Waals surface area (Å²) in [6.45, 7) is 4.89. The fourth-order valence-electron chi connectivity index (χ4n) is 1.96. The summed E-state index contributed by atoms with van der Waals surface area (Å²) in [6.07, 6.45) is -0.0854. The van der Waals surface area contributed by atoms with Crippen LogP contribution in [0.4, 0.5) is 0 Å². The Morgan fingerprint density at radius 2 is 2.17 bits per heavy atom. The first kappa shape index (κ1) is 13.8. The summed E-state index contributed by atoms with van der Waals surface area (Å²) < 4.78 is 31.7. The predicted molar refractivity (Wildman–Crippen MR) is 70.4 cm³/mol. The second kappa shape index (κ2) is 5.17. The largest absolute Gasteiger partial charge is 0.376 e. The zero-order chi connectivity index (χ0) is 13.3. The molecule has 0 radical (unpaired) electrons. The van der Waals surface area contributed by atoms with Crippen LogP contribution in [-0.2, 0) is 14.8 Å². The van der Waals surface area contributed by atoms with Crippen molar-refractivity contribution < 1.29 is 13.2 Å². The van der Waals surface area contributed by atoms with E-state index in [1.54, 1.807) is 18.2 Å². The molecule has 1 saturated heterocycles. The lowest BCUT2D eigenvalue weighted by Crippen LogP contribution is -2.44. The molecule has 0 saturated carbocycles. The average Bonchev–Trinajstić information content (AvgIpc) is 2.28. The maximum Gasteiger partial charge on any atom is 0.244 e. The Hall–Kier alpha value is -0.620. The van der Waals surface area contributed by atoms with Crippen LogP contribution >= 0.6 is 11.6 Å². The number of rotatable bonds is 2. The normalized spacial score (nSPS) is 22.1. The molecule has 1 aromatic carbocycles. The fourth-order valence-corrected chi connectivity index (χ4v) is 4.03. The van der Waals surface area contributed by atoms with Gasteiger partial charge < -0.3 is 4.74 Å². The van der Waals surface area contributed by atoms with E-state index >= 15 is 0 Å². The number of nitrogens with zero attached hydrogens (tertiary/aromatic N) is 1. The van der Waals surface area contributed by atoms with E-state index in [1.807, 2.05) is 13.8 Å². The van der Waals surface area contributed by atoms with Gasteiger partial charge in [0.25, 0.3) is 0 Å². The molecule has 2 rings (SSSR count). The lowest BCUT2D eigenvalue weighted by Gasteiger charge is -2.30. The molecule has 6 heteroatoms. The van der Waals surface area contributed by atoms with E-state index in [0.717, 1.165) is 5.56 Å². The number of halogens is 1.